The third kappa shape index (κ3) is 6.77. The van der Waals surface area contributed by atoms with Gasteiger partial charge in [-0.05, 0) is 85.0 Å². The van der Waals surface area contributed by atoms with Gasteiger partial charge in [0, 0.05) is 44.2 Å². The normalized spacial score (nSPS) is 19.6. The van der Waals surface area contributed by atoms with Crippen molar-refractivity contribution in [2.24, 2.45) is 5.92 Å². The Bertz CT molecular complexity index is 1420. The van der Waals surface area contributed by atoms with Crippen LogP contribution in [0.3, 0.4) is 0 Å². The predicted molar refractivity (Wildman–Crippen MR) is 170 cm³/mol. The largest absolute Gasteiger partial charge is 0.382 e. The minimum absolute atomic E-state index is 0.0526. The van der Waals surface area contributed by atoms with E-state index in [-0.39, 0.29) is 22.8 Å². The van der Waals surface area contributed by atoms with Crippen molar-refractivity contribution >= 4 is 23.2 Å². The second-order valence-corrected chi connectivity index (χ2v) is 13.0. The van der Waals surface area contributed by atoms with Gasteiger partial charge in [0.1, 0.15) is 5.82 Å². The topological polar surface area (TPSA) is 61.9 Å². The number of hydrogen-bond acceptors (Lipinski definition) is 4. The van der Waals surface area contributed by atoms with E-state index in [1.807, 2.05) is 43.4 Å². The Labute approximate surface area is 255 Å². The number of ether oxygens (including phenoxy) is 1. The molecule has 0 aliphatic carbocycles. The molecule has 6 nitrogen and oxygen atoms in total. The lowest BCUT2D eigenvalue weighted by atomic mass is 9.82. The number of piperidine rings is 1. The number of anilines is 2. The van der Waals surface area contributed by atoms with Crippen molar-refractivity contribution in [3.63, 3.8) is 0 Å². The average molecular weight is 586 g/mol. The van der Waals surface area contributed by atoms with Crippen molar-refractivity contribution in [1.29, 1.82) is 0 Å². The molecule has 0 aromatic heterocycles. The van der Waals surface area contributed by atoms with Gasteiger partial charge in [-0.1, -0.05) is 57.2 Å². The molecule has 43 heavy (non-hydrogen) atoms. The van der Waals surface area contributed by atoms with E-state index in [9.17, 15) is 9.59 Å². The lowest BCUT2D eigenvalue weighted by Crippen LogP contribution is -2.48. The standard InChI is InChI=1S/C36H44FN3O3/c1-24-9-6-13-31(37)32(24)35(42)40-20-8-12-30(34(41)39(5)29-11-7-10-26(23-29)36(2,3)4)33(40)25-14-16-27(17-15-25)38-28-18-21-43-22-19-28/h6-7,9-11,13-17,23,28,30,33,38H,8,12,18-22H2,1-5H3/t30?,33-/m0/s1. The van der Waals surface area contributed by atoms with Gasteiger partial charge in [-0.15, -0.1) is 0 Å². The fourth-order valence-corrected chi connectivity index (χ4v) is 6.35. The second-order valence-electron chi connectivity index (χ2n) is 13.0. The fraction of sp³-hybridized carbons (Fsp3) is 0.444. The van der Waals surface area contributed by atoms with Crippen LogP contribution in [-0.2, 0) is 14.9 Å². The molecule has 0 spiro atoms. The lowest BCUT2D eigenvalue weighted by Gasteiger charge is -2.42. The van der Waals surface area contributed by atoms with Crippen molar-refractivity contribution in [3.05, 3.63) is 94.8 Å². The minimum Gasteiger partial charge on any atom is -0.382 e. The number of likely N-dealkylation sites (tertiary alicyclic amines) is 1. The van der Waals surface area contributed by atoms with Crippen LogP contribution in [0.15, 0.2) is 66.7 Å². The van der Waals surface area contributed by atoms with Gasteiger partial charge in [0.15, 0.2) is 0 Å². The summed E-state index contributed by atoms with van der Waals surface area (Å²) in [6, 6.07) is 20.7. The van der Waals surface area contributed by atoms with Gasteiger partial charge < -0.3 is 19.9 Å². The highest BCUT2D eigenvalue weighted by Gasteiger charge is 2.41. The van der Waals surface area contributed by atoms with Crippen LogP contribution in [0.5, 0.6) is 0 Å². The van der Waals surface area contributed by atoms with E-state index in [2.05, 4.69) is 38.2 Å². The molecule has 228 valence electrons. The van der Waals surface area contributed by atoms with Crippen LogP contribution < -0.4 is 10.2 Å². The number of hydrogen-bond donors (Lipinski definition) is 1. The Balaban J connectivity index is 1.49. The van der Waals surface area contributed by atoms with Crippen molar-refractivity contribution in [3.8, 4) is 0 Å². The van der Waals surface area contributed by atoms with Crippen LogP contribution in [-0.4, -0.2) is 49.6 Å². The first-order chi connectivity index (χ1) is 20.5. The summed E-state index contributed by atoms with van der Waals surface area (Å²) in [4.78, 5) is 31.8. The highest BCUT2D eigenvalue weighted by molar-refractivity contribution is 5.98. The number of benzene rings is 3. The van der Waals surface area contributed by atoms with Crippen molar-refractivity contribution < 1.29 is 18.7 Å². The van der Waals surface area contributed by atoms with E-state index >= 15 is 4.39 Å². The maximum Gasteiger partial charge on any atom is 0.257 e. The molecule has 7 heteroatoms. The first-order valence-electron chi connectivity index (χ1n) is 15.4. The maximum absolute atomic E-state index is 15.1. The summed E-state index contributed by atoms with van der Waals surface area (Å²) >= 11 is 0. The molecular weight excluding hydrogens is 541 g/mol. The summed E-state index contributed by atoms with van der Waals surface area (Å²) in [6.07, 6.45) is 3.20. The van der Waals surface area contributed by atoms with E-state index in [0.29, 0.717) is 31.0 Å². The number of rotatable bonds is 6. The first-order valence-corrected chi connectivity index (χ1v) is 15.4. The van der Waals surface area contributed by atoms with Crippen LogP contribution in [0.4, 0.5) is 15.8 Å². The first kappa shape index (κ1) is 30.7. The maximum atomic E-state index is 15.1. The molecule has 1 N–H and O–H groups in total. The quantitative estimate of drug-likeness (QED) is 0.330. The second kappa shape index (κ2) is 12.9. The van der Waals surface area contributed by atoms with E-state index < -0.39 is 17.8 Å². The summed E-state index contributed by atoms with van der Waals surface area (Å²) in [7, 11) is 1.81. The predicted octanol–water partition coefficient (Wildman–Crippen LogP) is 7.28. The number of carbonyl (C=O) groups is 2. The Hall–Kier alpha value is -3.71. The molecular formula is C36H44FN3O3. The number of amides is 2. The SMILES string of the molecule is Cc1cccc(F)c1C(=O)N1CCCC(C(=O)N(C)c2cccc(C(C)(C)C)c2)[C@@H]1c1ccc(NC2CCOCC2)cc1. The van der Waals surface area contributed by atoms with Crippen LogP contribution in [0.25, 0.3) is 0 Å². The van der Waals surface area contributed by atoms with Crippen molar-refractivity contribution in [2.75, 3.05) is 37.0 Å². The molecule has 2 fully saturated rings. The van der Waals surface area contributed by atoms with Crippen molar-refractivity contribution in [2.45, 2.75) is 70.9 Å². The molecule has 5 rings (SSSR count). The smallest absolute Gasteiger partial charge is 0.257 e. The number of nitrogens with one attached hydrogen (secondary N) is 1. The molecule has 0 saturated carbocycles. The van der Waals surface area contributed by atoms with E-state index in [0.717, 1.165) is 48.6 Å². The molecule has 2 atom stereocenters. The third-order valence-electron chi connectivity index (χ3n) is 8.92. The molecule has 1 unspecified atom stereocenters. The van der Waals surface area contributed by atoms with Gasteiger partial charge >= 0.3 is 0 Å². The van der Waals surface area contributed by atoms with Gasteiger partial charge in [0.05, 0.1) is 17.5 Å². The van der Waals surface area contributed by atoms with Crippen LogP contribution in [0, 0.1) is 18.7 Å². The molecule has 2 amide bonds. The molecule has 2 saturated heterocycles. The van der Waals surface area contributed by atoms with E-state index in [1.54, 1.807) is 28.9 Å². The highest BCUT2D eigenvalue weighted by Crippen LogP contribution is 2.40. The van der Waals surface area contributed by atoms with Crippen molar-refractivity contribution in [1.82, 2.24) is 4.90 Å². The van der Waals surface area contributed by atoms with Crippen LogP contribution in [0.1, 0.15) is 79.5 Å². The van der Waals surface area contributed by atoms with Crippen LogP contribution >= 0.6 is 0 Å². The summed E-state index contributed by atoms with van der Waals surface area (Å²) in [5, 5.41) is 3.59. The fourth-order valence-electron chi connectivity index (χ4n) is 6.35. The van der Waals surface area contributed by atoms with Gasteiger partial charge in [-0.25, -0.2) is 4.39 Å². The Morgan fingerprint density at radius 2 is 1.67 bits per heavy atom. The zero-order valence-electron chi connectivity index (χ0n) is 26.0. The highest BCUT2D eigenvalue weighted by atomic mass is 19.1. The zero-order valence-corrected chi connectivity index (χ0v) is 26.0. The van der Waals surface area contributed by atoms with Gasteiger partial charge in [-0.3, -0.25) is 9.59 Å². The molecule has 0 bridgehead atoms. The van der Waals surface area contributed by atoms with E-state index in [1.165, 1.54) is 6.07 Å². The number of carbonyl (C=O) groups excluding carboxylic acids is 2. The molecule has 0 radical (unpaired) electrons. The molecule has 2 aliphatic heterocycles. The van der Waals surface area contributed by atoms with E-state index in [4.69, 9.17) is 4.74 Å². The van der Waals surface area contributed by atoms with Crippen LogP contribution in [0.2, 0.25) is 0 Å². The Morgan fingerprint density at radius 1 is 0.977 bits per heavy atom. The zero-order chi connectivity index (χ0) is 30.7. The van der Waals surface area contributed by atoms with Gasteiger partial charge in [0.25, 0.3) is 5.91 Å². The number of nitrogens with zero attached hydrogens (tertiary/aromatic N) is 2. The number of halogens is 1. The third-order valence-corrected chi connectivity index (χ3v) is 8.92. The average Bonchev–Trinajstić information content (AvgIpc) is 3.00. The summed E-state index contributed by atoms with van der Waals surface area (Å²) in [6.45, 7) is 10.2. The molecule has 2 aliphatic rings. The molecule has 2 heterocycles. The summed E-state index contributed by atoms with van der Waals surface area (Å²) in [5.41, 5.74) is 4.43. The number of aryl methyl sites for hydroxylation is 1. The summed E-state index contributed by atoms with van der Waals surface area (Å²) < 4.78 is 20.6. The molecule has 3 aromatic rings. The van der Waals surface area contributed by atoms with Gasteiger partial charge in [0.2, 0.25) is 5.91 Å². The van der Waals surface area contributed by atoms with Gasteiger partial charge in [-0.2, -0.15) is 0 Å². The lowest BCUT2D eigenvalue weighted by molar-refractivity contribution is -0.125. The minimum atomic E-state index is -0.538. The Kier molecular flexibility index (Phi) is 9.21. The monoisotopic (exact) mass is 585 g/mol. The summed E-state index contributed by atoms with van der Waals surface area (Å²) in [5.74, 6) is -1.45. The Morgan fingerprint density at radius 3 is 2.35 bits per heavy atom. The molecule has 3 aromatic carbocycles.